The molecule has 0 atom stereocenters. The zero-order valence-corrected chi connectivity index (χ0v) is 11.4. The normalized spacial score (nSPS) is 15.7. The van der Waals surface area contributed by atoms with Gasteiger partial charge in [-0.2, -0.15) is 8.78 Å². The molecule has 0 N–H and O–H groups in total. The van der Waals surface area contributed by atoms with Crippen molar-refractivity contribution in [3.05, 3.63) is 29.1 Å². The zero-order valence-electron chi connectivity index (χ0n) is 11.4. The summed E-state index contributed by atoms with van der Waals surface area (Å²) in [6.07, 6.45) is 3.88. The van der Waals surface area contributed by atoms with E-state index in [9.17, 15) is 26.7 Å². The highest BCUT2D eigenvalue weighted by atomic mass is 19.2. The molecule has 0 radical (unpaired) electrons. The van der Waals surface area contributed by atoms with Gasteiger partial charge < -0.3 is 9.47 Å². The summed E-state index contributed by atoms with van der Waals surface area (Å²) in [5.74, 6) is -13.2. The fraction of sp³-hybridized carbons (Fsp3) is 0.500. The van der Waals surface area contributed by atoms with E-state index in [4.69, 9.17) is 4.74 Å². The number of hydrogen-bond donors (Lipinski definition) is 0. The molecule has 8 heteroatoms. The second kappa shape index (κ2) is 6.93. The van der Waals surface area contributed by atoms with Gasteiger partial charge in [-0.05, 0) is 25.7 Å². The average molecular weight is 324 g/mol. The van der Waals surface area contributed by atoms with Crippen molar-refractivity contribution >= 4 is 5.97 Å². The first-order chi connectivity index (χ1) is 10.4. The van der Waals surface area contributed by atoms with Crippen LogP contribution in [-0.4, -0.2) is 18.7 Å². The van der Waals surface area contributed by atoms with E-state index in [1.807, 2.05) is 0 Å². The monoisotopic (exact) mass is 324 g/mol. The Hall–Kier alpha value is -1.86. The van der Waals surface area contributed by atoms with Gasteiger partial charge in [-0.1, -0.05) is 6.42 Å². The lowest BCUT2D eigenvalue weighted by Crippen LogP contribution is -2.25. The third-order valence-electron chi connectivity index (χ3n) is 3.35. The molecule has 0 aliphatic heterocycles. The second-order valence-corrected chi connectivity index (χ2v) is 4.94. The van der Waals surface area contributed by atoms with Crippen molar-refractivity contribution in [3.63, 3.8) is 0 Å². The van der Waals surface area contributed by atoms with Gasteiger partial charge in [0.25, 0.3) is 0 Å². The van der Waals surface area contributed by atoms with Crippen LogP contribution in [-0.2, 0) is 9.53 Å². The highest BCUT2D eigenvalue weighted by molar-refractivity contribution is 5.71. The van der Waals surface area contributed by atoms with Crippen LogP contribution in [0.25, 0.3) is 0 Å². The first kappa shape index (κ1) is 16.5. The predicted molar refractivity (Wildman–Crippen MR) is 64.7 cm³/mol. The lowest BCUT2D eigenvalue weighted by molar-refractivity contribution is -0.153. The summed E-state index contributed by atoms with van der Waals surface area (Å²) in [6.45, 7) is -0.936. The van der Waals surface area contributed by atoms with Crippen molar-refractivity contribution in [1.82, 2.24) is 0 Å². The van der Waals surface area contributed by atoms with Gasteiger partial charge in [0.15, 0.2) is 12.4 Å². The average Bonchev–Trinajstić information content (AvgIpc) is 2.52. The van der Waals surface area contributed by atoms with Crippen molar-refractivity contribution in [1.29, 1.82) is 0 Å². The molecule has 0 unspecified atom stereocenters. The van der Waals surface area contributed by atoms with Gasteiger partial charge in [-0.25, -0.2) is 18.0 Å². The third-order valence-corrected chi connectivity index (χ3v) is 3.35. The van der Waals surface area contributed by atoms with Crippen molar-refractivity contribution in [2.45, 2.75) is 38.2 Å². The number of carbonyl (C=O) groups is 1. The maximum atomic E-state index is 13.3. The first-order valence-electron chi connectivity index (χ1n) is 6.75. The fourth-order valence-electron chi connectivity index (χ4n) is 2.25. The molecule has 0 heterocycles. The minimum Gasteiger partial charge on any atom is -0.476 e. The Bertz CT molecular complexity index is 541. The Balaban J connectivity index is 2.00. The van der Waals surface area contributed by atoms with Gasteiger partial charge in [0.2, 0.25) is 29.1 Å². The minimum atomic E-state index is -2.29. The summed E-state index contributed by atoms with van der Waals surface area (Å²) in [5, 5.41) is 0. The van der Waals surface area contributed by atoms with E-state index < -0.39 is 47.4 Å². The number of rotatable bonds is 4. The fourth-order valence-corrected chi connectivity index (χ4v) is 2.25. The summed E-state index contributed by atoms with van der Waals surface area (Å²) in [7, 11) is 0. The van der Waals surface area contributed by atoms with E-state index in [2.05, 4.69) is 4.74 Å². The standard InChI is InChI=1S/C14H13F5O3/c15-9-10(16)12(18)14(13(19)11(9)17)21-6-8(20)22-7-4-2-1-3-5-7/h7H,1-6H2. The number of benzene rings is 1. The quantitative estimate of drug-likeness (QED) is 0.367. The molecule has 1 aromatic rings. The molecule has 1 aromatic carbocycles. The summed E-state index contributed by atoms with van der Waals surface area (Å²) < 4.78 is 74.8. The molecule has 2 rings (SSSR count). The number of halogens is 5. The van der Waals surface area contributed by atoms with E-state index in [1.54, 1.807) is 0 Å². The largest absolute Gasteiger partial charge is 0.476 e. The summed E-state index contributed by atoms with van der Waals surface area (Å²) in [6, 6.07) is 0. The predicted octanol–water partition coefficient (Wildman–Crippen LogP) is 3.64. The van der Waals surface area contributed by atoms with Crippen LogP contribution < -0.4 is 4.74 Å². The van der Waals surface area contributed by atoms with Gasteiger partial charge in [-0.15, -0.1) is 0 Å². The maximum absolute atomic E-state index is 13.3. The van der Waals surface area contributed by atoms with Crippen LogP contribution in [0.4, 0.5) is 22.0 Å². The molecular weight excluding hydrogens is 311 g/mol. The van der Waals surface area contributed by atoms with E-state index in [0.29, 0.717) is 12.8 Å². The summed E-state index contributed by atoms with van der Waals surface area (Å²) in [4.78, 5) is 11.5. The summed E-state index contributed by atoms with van der Waals surface area (Å²) >= 11 is 0. The van der Waals surface area contributed by atoms with Crippen LogP contribution in [0.3, 0.4) is 0 Å². The van der Waals surface area contributed by atoms with Gasteiger partial charge in [0.1, 0.15) is 6.10 Å². The molecule has 0 bridgehead atoms. The van der Waals surface area contributed by atoms with Crippen molar-refractivity contribution in [2.75, 3.05) is 6.61 Å². The lowest BCUT2D eigenvalue weighted by atomic mass is 9.98. The highest BCUT2D eigenvalue weighted by Gasteiger charge is 2.28. The van der Waals surface area contributed by atoms with E-state index in [1.165, 1.54) is 0 Å². The molecule has 0 amide bonds. The van der Waals surface area contributed by atoms with Crippen LogP contribution in [0.15, 0.2) is 0 Å². The van der Waals surface area contributed by atoms with E-state index in [0.717, 1.165) is 19.3 Å². The molecule has 1 aliphatic carbocycles. The van der Waals surface area contributed by atoms with Gasteiger partial charge in [0, 0.05) is 0 Å². The van der Waals surface area contributed by atoms with Crippen LogP contribution in [0.1, 0.15) is 32.1 Å². The molecule has 0 aromatic heterocycles. The van der Waals surface area contributed by atoms with Crippen molar-refractivity contribution < 1.29 is 36.2 Å². The molecule has 3 nitrogen and oxygen atoms in total. The maximum Gasteiger partial charge on any atom is 0.344 e. The van der Waals surface area contributed by atoms with Crippen LogP contribution in [0.5, 0.6) is 5.75 Å². The van der Waals surface area contributed by atoms with Gasteiger partial charge in [-0.3, -0.25) is 0 Å². The molecule has 0 saturated heterocycles. The number of esters is 1. The molecule has 22 heavy (non-hydrogen) atoms. The molecule has 1 aliphatic rings. The zero-order chi connectivity index (χ0) is 16.3. The van der Waals surface area contributed by atoms with E-state index in [-0.39, 0.29) is 6.10 Å². The van der Waals surface area contributed by atoms with Crippen LogP contribution >= 0.6 is 0 Å². The van der Waals surface area contributed by atoms with Crippen molar-refractivity contribution in [2.24, 2.45) is 0 Å². The Morgan fingerprint density at radius 3 is 1.91 bits per heavy atom. The Kier molecular flexibility index (Phi) is 5.20. The minimum absolute atomic E-state index is 0.304. The first-order valence-corrected chi connectivity index (χ1v) is 6.75. The van der Waals surface area contributed by atoms with Gasteiger partial charge >= 0.3 is 5.97 Å². The summed E-state index contributed by atoms with van der Waals surface area (Å²) in [5.41, 5.74) is 0. The second-order valence-electron chi connectivity index (χ2n) is 4.94. The van der Waals surface area contributed by atoms with Crippen LogP contribution in [0, 0.1) is 29.1 Å². The molecule has 0 spiro atoms. The van der Waals surface area contributed by atoms with Crippen molar-refractivity contribution in [3.8, 4) is 5.75 Å². The number of ether oxygens (including phenoxy) is 2. The molecule has 1 fully saturated rings. The third kappa shape index (κ3) is 3.48. The Morgan fingerprint density at radius 2 is 1.36 bits per heavy atom. The smallest absolute Gasteiger partial charge is 0.344 e. The van der Waals surface area contributed by atoms with Gasteiger partial charge in [0.05, 0.1) is 0 Å². The molecular formula is C14H13F5O3. The topological polar surface area (TPSA) is 35.5 Å². The highest BCUT2D eigenvalue weighted by Crippen LogP contribution is 2.29. The Morgan fingerprint density at radius 1 is 0.864 bits per heavy atom. The SMILES string of the molecule is O=C(COc1c(F)c(F)c(F)c(F)c1F)OC1CCCCC1. The Labute approximate surface area is 123 Å². The molecule has 1 saturated carbocycles. The molecule has 122 valence electrons. The van der Waals surface area contributed by atoms with Crippen LogP contribution in [0.2, 0.25) is 0 Å². The number of hydrogen-bond acceptors (Lipinski definition) is 3. The van der Waals surface area contributed by atoms with E-state index >= 15 is 0 Å². The number of carbonyl (C=O) groups excluding carboxylic acids is 1. The lowest BCUT2D eigenvalue weighted by Gasteiger charge is -2.21.